The smallest absolute Gasteiger partial charge is 0.212 e. The van der Waals surface area contributed by atoms with E-state index in [4.69, 9.17) is 4.74 Å². The van der Waals surface area contributed by atoms with Crippen molar-refractivity contribution in [1.82, 2.24) is 14.5 Å². The molecule has 16 heavy (non-hydrogen) atoms. The zero-order chi connectivity index (χ0) is 11.4. The third-order valence-corrected chi connectivity index (χ3v) is 2.28. The second kappa shape index (κ2) is 4.65. The number of imidazole rings is 1. The normalized spacial score (nSPS) is 10.1. The molecule has 0 unspecified atom stereocenters. The highest BCUT2D eigenvalue weighted by atomic mass is 16.5. The Morgan fingerprint density at radius 3 is 2.81 bits per heavy atom. The van der Waals surface area contributed by atoms with E-state index in [1.54, 1.807) is 19.5 Å². The first-order valence-corrected chi connectivity index (χ1v) is 4.99. The predicted molar refractivity (Wildman–Crippen MR) is 61.3 cm³/mol. The molecule has 2 aromatic heterocycles. The maximum atomic E-state index is 4.99. The highest BCUT2D eigenvalue weighted by Crippen LogP contribution is 2.08. The summed E-state index contributed by atoms with van der Waals surface area (Å²) in [5.74, 6) is 1.47. The molecule has 5 heteroatoms. The monoisotopic (exact) mass is 218 g/mol. The molecule has 0 aromatic carbocycles. The van der Waals surface area contributed by atoms with Crippen LogP contribution in [-0.2, 0) is 13.6 Å². The molecule has 0 aliphatic heterocycles. The van der Waals surface area contributed by atoms with E-state index < -0.39 is 0 Å². The minimum atomic E-state index is 0.626. The summed E-state index contributed by atoms with van der Waals surface area (Å²) in [6, 6.07) is 3.82. The zero-order valence-corrected chi connectivity index (χ0v) is 9.34. The highest BCUT2D eigenvalue weighted by Gasteiger charge is 1.99. The molecule has 5 nitrogen and oxygen atoms in total. The van der Waals surface area contributed by atoms with Gasteiger partial charge >= 0.3 is 0 Å². The van der Waals surface area contributed by atoms with Crippen LogP contribution in [0.25, 0.3) is 0 Å². The molecule has 0 saturated heterocycles. The molecular formula is C11H14N4O. The molecule has 2 rings (SSSR count). The van der Waals surface area contributed by atoms with Crippen molar-refractivity contribution in [2.45, 2.75) is 6.54 Å². The summed E-state index contributed by atoms with van der Waals surface area (Å²) in [5.41, 5.74) is 1.09. The first kappa shape index (κ1) is 10.5. The Balaban J connectivity index is 1.97. The van der Waals surface area contributed by atoms with Gasteiger partial charge < -0.3 is 14.6 Å². The lowest BCUT2D eigenvalue weighted by molar-refractivity contribution is 0.397. The van der Waals surface area contributed by atoms with E-state index in [0.29, 0.717) is 12.4 Å². The summed E-state index contributed by atoms with van der Waals surface area (Å²) < 4.78 is 6.92. The van der Waals surface area contributed by atoms with Crippen molar-refractivity contribution in [2.24, 2.45) is 7.05 Å². The second-order valence-corrected chi connectivity index (χ2v) is 3.42. The van der Waals surface area contributed by atoms with Crippen LogP contribution in [0.2, 0.25) is 0 Å². The van der Waals surface area contributed by atoms with E-state index in [1.165, 1.54) is 0 Å². The Hall–Kier alpha value is -2.04. The van der Waals surface area contributed by atoms with E-state index >= 15 is 0 Å². The number of ether oxygens (including phenoxy) is 1. The van der Waals surface area contributed by atoms with Crippen molar-refractivity contribution in [3.05, 3.63) is 36.3 Å². The predicted octanol–water partition coefficient (Wildman–Crippen LogP) is 1.44. The minimum Gasteiger partial charge on any atom is -0.481 e. The second-order valence-electron chi connectivity index (χ2n) is 3.42. The van der Waals surface area contributed by atoms with E-state index in [9.17, 15) is 0 Å². The molecule has 1 N–H and O–H groups in total. The van der Waals surface area contributed by atoms with Gasteiger partial charge in [-0.25, -0.2) is 9.97 Å². The van der Waals surface area contributed by atoms with Crippen LogP contribution in [0.3, 0.4) is 0 Å². The third-order valence-electron chi connectivity index (χ3n) is 2.28. The van der Waals surface area contributed by atoms with Crippen LogP contribution >= 0.6 is 0 Å². The number of pyridine rings is 1. The summed E-state index contributed by atoms with van der Waals surface area (Å²) in [6.07, 6.45) is 5.44. The minimum absolute atomic E-state index is 0.626. The molecule has 0 amide bonds. The zero-order valence-electron chi connectivity index (χ0n) is 9.34. The van der Waals surface area contributed by atoms with Crippen molar-refractivity contribution >= 4 is 5.95 Å². The summed E-state index contributed by atoms with van der Waals surface area (Å²) in [5, 5.41) is 3.22. The van der Waals surface area contributed by atoms with Crippen LogP contribution in [0.5, 0.6) is 5.88 Å². The molecule has 0 saturated carbocycles. The van der Waals surface area contributed by atoms with Crippen LogP contribution in [0, 0.1) is 0 Å². The van der Waals surface area contributed by atoms with Gasteiger partial charge in [0.2, 0.25) is 11.8 Å². The number of aromatic nitrogens is 3. The molecule has 0 radical (unpaired) electrons. The van der Waals surface area contributed by atoms with Gasteiger partial charge in [-0.05, 0) is 5.56 Å². The summed E-state index contributed by atoms with van der Waals surface area (Å²) in [6.45, 7) is 0.696. The van der Waals surface area contributed by atoms with Gasteiger partial charge in [0.05, 0.1) is 7.11 Å². The lowest BCUT2D eigenvalue weighted by Gasteiger charge is -2.06. The lowest BCUT2D eigenvalue weighted by atomic mass is 10.3. The SMILES string of the molecule is COc1ccc(CNc2nccn2C)cn1. The number of methoxy groups -OCH3 is 1. The number of nitrogens with zero attached hydrogens (tertiary/aromatic N) is 3. The van der Waals surface area contributed by atoms with Crippen LogP contribution in [0.15, 0.2) is 30.7 Å². The highest BCUT2D eigenvalue weighted by molar-refractivity contribution is 5.28. The number of hydrogen-bond acceptors (Lipinski definition) is 4. The van der Waals surface area contributed by atoms with Gasteiger partial charge in [0.25, 0.3) is 0 Å². The van der Waals surface area contributed by atoms with Crippen LogP contribution in [0.4, 0.5) is 5.95 Å². The number of nitrogens with one attached hydrogen (secondary N) is 1. The van der Waals surface area contributed by atoms with Crippen LogP contribution < -0.4 is 10.1 Å². The van der Waals surface area contributed by atoms with Crippen LogP contribution in [0.1, 0.15) is 5.56 Å². The first-order valence-electron chi connectivity index (χ1n) is 4.99. The molecule has 84 valence electrons. The lowest BCUT2D eigenvalue weighted by Crippen LogP contribution is -2.05. The molecule has 0 spiro atoms. The number of rotatable bonds is 4. The molecule has 0 bridgehead atoms. The van der Waals surface area contributed by atoms with Crippen molar-refractivity contribution in [3.8, 4) is 5.88 Å². The topological polar surface area (TPSA) is 52.0 Å². The van der Waals surface area contributed by atoms with Gasteiger partial charge in [-0.15, -0.1) is 0 Å². The van der Waals surface area contributed by atoms with Gasteiger partial charge in [-0.1, -0.05) is 6.07 Å². The van der Waals surface area contributed by atoms with Crippen LogP contribution in [-0.4, -0.2) is 21.6 Å². The van der Waals surface area contributed by atoms with Crippen molar-refractivity contribution in [3.63, 3.8) is 0 Å². The Morgan fingerprint density at radius 2 is 2.25 bits per heavy atom. The average molecular weight is 218 g/mol. The Kier molecular flexibility index (Phi) is 3.05. The first-order chi connectivity index (χ1) is 7.79. The Labute approximate surface area is 94.1 Å². The Bertz CT molecular complexity index is 449. The molecule has 0 aliphatic rings. The maximum Gasteiger partial charge on any atom is 0.212 e. The average Bonchev–Trinajstić information content (AvgIpc) is 2.73. The van der Waals surface area contributed by atoms with Crippen molar-refractivity contribution in [1.29, 1.82) is 0 Å². The number of aryl methyl sites for hydroxylation is 1. The summed E-state index contributed by atoms with van der Waals surface area (Å²) in [4.78, 5) is 8.30. The fourth-order valence-electron chi connectivity index (χ4n) is 1.35. The summed E-state index contributed by atoms with van der Waals surface area (Å²) in [7, 11) is 3.55. The molecule has 0 fully saturated rings. The standard InChI is InChI=1S/C11H14N4O/c1-15-6-5-12-11(15)14-8-9-3-4-10(16-2)13-7-9/h3-7H,8H2,1-2H3,(H,12,14). The maximum absolute atomic E-state index is 4.99. The number of anilines is 1. The van der Waals surface area contributed by atoms with E-state index in [0.717, 1.165) is 11.5 Å². The van der Waals surface area contributed by atoms with E-state index in [1.807, 2.05) is 29.9 Å². The molecule has 0 atom stereocenters. The van der Waals surface area contributed by atoms with Gasteiger partial charge in [-0.3, -0.25) is 0 Å². The van der Waals surface area contributed by atoms with E-state index in [-0.39, 0.29) is 0 Å². The molecule has 0 aliphatic carbocycles. The quantitative estimate of drug-likeness (QED) is 0.843. The molecule has 2 aromatic rings. The third kappa shape index (κ3) is 2.31. The Morgan fingerprint density at radius 1 is 1.38 bits per heavy atom. The fraction of sp³-hybridized carbons (Fsp3) is 0.273. The number of hydrogen-bond donors (Lipinski definition) is 1. The van der Waals surface area contributed by atoms with E-state index in [2.05, 4.69) is 15.3 Å². The van der Waals surface area contributed by atoms with Gasteiger partial charge in [0.15, 0.2) is 0 Å². The van der Waals surface area contributed by atoms with Crippen molar-refractivity contribution < 1.29 is 4.74 Å². The largest absolute Gasteiger partial charge is 0.481 e. The van der Waals surface area contributed by atoms with Gasteiger partial charge in [-0.2, -0.15) is 0 Å². The van der Waals surface area contributed by atoms with Gasteiger partial charge in [0.1, 0.15) is 0 Å². The fourth-order valence-corrected chi connectivity index (χ4v) is 1.35. The molecular weight excluding hydrogens is 204 g/mol. The molecule has 2 heterocycles. The summed E-state index contributed by atoms with van der Waals surface area (Å²) >= 11 is 0. The van der Waals surface area contributed by atoms with Crippen molar-refractivity contribution in [2.75, 3.05) is 12.4 Å². The van der Waals surface area contributed by atoms with Gasteiger partial charge in [0, 0.05) is 38.2 Å².